The zero-order chi connectivity index (χ0) is 15.6. The Morgan fingerprint density at radius 2 is 1.71 bits per heavy atom. The third-order valence-corrected chi connectivity index (χ3v) is 3.83. The van der Waals surface area contributed by atoms with Crippen LogP contribution in [-0.4, -0.2) is 12.1 Å². The molecule has 1 aromatic heterocycles. The van der Waals surface area contributed by atoms with Crippen LogP contribution in [0.2, 0.25) is 0 Å². The van der Waals surface area contributed by atoms with Crippen molar-refractivity contribution in [3.8, 4) is 5.75 Å². The maximum atomic E-state index is 5.82. The first-order valence-electron chi connectivity index (χ1n) is 7.03. The van der Waals surface area contributed by atoms with E-state index in [1.165, 1.54) is 5.56 Å². The highest BCUT2D eigenvalue weighted by molar-refractivity contribution is 5.49. The smallest absolute Gasteiger partial charge is 0.127 e. The number of ether oxygens (including phenoxy) is 1. The molecule has 0 aliphatic heterocycles. The summed E-state index contributed by atoms with van der Waals surface area (Å²) in [6.45, 7) is 8.12. The Labute approximate surface area is 126 Å². The summed E-state index contributed by atoms with van der Waals surface area (Å²) in [6, 6.07) is 8.13. The fraction of sp³-hybridized carbons (Fsp3) is 0.353. The van der Waals surface area contributed by atoms with Crippen molar-refractivity contribution in [2.24, 2.45) is 5.84 Å². The van der Waals surface area contributed by atoms with E-state index >= 15 is 0 Å². The molecule has 112 valence electrons. The monoisotopic (exact) mass is 285 g/mol. The Morgan fingerprint density at radius 3 is 2.24 bits per heavy atom. The summed E-state index contributed by atoms with van der Waals surface area (Å²) in [5.74, 6) is 6.70. The molecule has 1 atom stereocenters. The standard InChI is InChI=1S/C17H23N3O/c1-10-6-7-15(17(21-5)13(10)4)16(20-18)14-8-11(2)19-12(3)9-14/h6-9,16,20H,18H2,1-5H3. The molecule has 3 N–H and O–H groups in total. The topological polar surface area (TPSA) is 60.2 Å². The molecule has 0 saturated carbocycles. The number of hydrogen-bond donors (Lipinski definition) is 2. The van der Waals surface area contributed by atoms with Crippen LogP contribution >= 0.6 is 0 Å². The molecule has 0 saturated heterocycles. The third-order valence-electron chi connectivity index (χ3n) is 3.83. The largest absolute Gasteiger partial charge is 0.496 e. The molecule has 1 unspecified atom stereocenters. The van der Waals surface area contributed by atoms with E-state index in [2.05, 4.69) is 36.4 Å². The molecule has 0 bridgehead atoms. The van der Waals surface area contributed by atoms with Crippen LogP contribution in [-0.2, 0) is 0 Å². The maximum Gasteiger partial charge on any atom is 0.127 e. The molecule has 0 fully saturated rings. The van der Waals surface area contributed by atoms with Crippen LogP contribution in [0, 0.1) is 27.7 Å². The van der Waals surface area contributed by atoms with Crippen molar-refractivity contribution in [1.82, 2.24) is 10.4 Å². The Balaban J connectivity index is 2.59. The average molecular weight is 285 g/mol. The summed E-state index contributed by atoms with van der Waals surface area (Å²) >= 11 is 0. The first-order valence-corrected chi connectivity index (χ1v) is 7.03. The number of nitrogens with zero attached hydrogens (tertiary/aromatic N) is 1. The van der Waals surface area contributed by atoms with Crippen LogP contribution in [0.15, 0.2) is 24.3 Å². The highest BCUT2D eigenvalue weighted by Gasteiger charge is 2.19. The van der Waals surface area contributed by atoms with Gasteiger partial charge in [-0.3, -0.25) is 10.8 Å². The Bertz CT molecular complexity index is 632. The van der Waals surface area contributed by atoms with Gasteiger partial charge in [0, 0.05) is 17.0 Å². The van der Waals surface area contributed by atoms with E-state index in [4.69, 9.17) is 10.6 Å². The molecule has 1 aromatic carbocycles. The number of hydrazine groups is 1. The van der Waals surface area contributed by atoms with Gasteiger partial charge in [-0.25, -0.2) is 5.43 Å². The van der Waals surface area contributed by atoms with Gasteiger partial charge in [0.2, 0.25) is 0 Å². The predicted molar refractivity (Wildman–Crippen MR) is 85.3 cm³/mol. The van der Waals surface area contributed by atoms with E-state index in [1.54, 1.807) is 7.11 Å². The van der Waals surface area contributed by atoms with Crippen LogP contribution in [0.1, 0.15) is 39.7 Å². The quantitative estimate of drug-likeness (QED) is 0.670. The van der Waals surface area contributed by atoms with Crippen molar-refractivity contribution in [2.75, 3.05) is 7.11 Å². The number of hydrogen-bond acceptors (Lipinski definition) is 4. The van der Waals surface area contributed by atoms with Crippen LogP contribution in [0.25, 0.3) is 0 Å². The van der Waals surface area contributed by atoms with Crippen molar-refractivity contribution in [3.63, 3.8) is 0 Å². The SMILES string of the molecule is COc1c(C(NN)c2cc(C)nc(C)c2)ccc(C)c1C. The fourth-order valence-electron chi connectivity index (χ4n) is 2.71. The number of benzene rings is 1. The first-order chi connectivity index (χ1) is 9.97. The molecule has 0 spiro atoms. The second-order valence-corrected chi connectivity index (χ2v) is 5.41. The lowest BCUT2D eigenvalue weighted by molar-refractivity contribution is 0.400. The van der Waals surface area contributed by atoms with Crippen molar-refractivity contribution < 1.29 is 4.74 Å². The molecule has 4 heteroatoms. The number of methoxy groups -OCH3 is 1. The molecular weight excluding hydrogens is 262 g/mol. The molecule has 0 aliphatic carbocycles. The van der Waals surface area contributed by atoms with Gasteiger partial charge in [-0.15, -0.1) is 0 Å². The minimum atomic E-state index is -0.125. The Hall–Kier alpha value is -1.91. The summed E-state index contributed by atoms with van der Waals surface area (Å²) < 4.78 is 5.61. The molecule has 4 nitrogen and oxygen atoms in total. The molecule has 0 radical (unpaired) electrons. The van der Waals surface area contributed by atoms with Gasteiger partial charge < -0.3 is 4.74 Å². The van der Waals surface area contributed by atoms with Crippen molar-refractivity contribution in [3.05, 3.63) is 57.9 Å². The van der Waals surface area contributed by atoms with E-state index in [0.717, 1.165) is 33.8 Å². The van der Waals surface area contributed by atoms with Crippen LogP contribution in [0.4, 0.5) is 0 Å². The van der Waals surface area contributed by atoms with Crippen molar-refractivity contribution >= 4 is 0 Å². The Kier molecular flexibility index (Phi) is 4.60. The van der Waals surface area contributed by atoms with E-state index in [-0.39, 0.29) is 6.04 Å². The molecule has 2 aromatic rings. The molecule has 0 aliphatic rings. The highest BCUT2D eigenvalue weighted by Crippen LogP contribution is 2.34. The lowest BCUT2D eigenvalue weighted by Gasteiger charge is -2.22. The predicted octanol–water partition coefficient (Wildman–Crippen LogP) is 2.88. The zero-order valence-electron chi connectivity index (χ0n) is 13.3. The number of aromatic nitrogens is 1. The van der Waals surface area contributed by atoms with Gasteiger partial charge in [-0.2, -0.15) is 0 Å². The number of nitrogens with two attached hydrogens (primary N) is 1. The van der Waals surface area contributed by atoms with Gasteiger partial charge in [0.1, 0.15) is 5.75 Å². The lowest BCUT2D eigenvalue weighted by atomic mass is 9.94. The number of aryl methyl sites for hydroxylation is 3. The second kappa shape index (κ2) is 6.24. The first kappa shape index (κ1) is 15.5. The van der Waals surface area contributed by atoms with Crippen molar-refractivity contribution in [2.45, 2.75) is 33.7 Å². The summed E-state index contributed by atoms with van der Waals surface area (Å²) in [4.78, 5) is 4.42. The number of nitrogens with one attached hydrogen (secondary N) is 1. The zero-order valence-corrected chi connectivity index (χ0v) is 13.3. The van der Waals surface area contributed by atoms with Crippen molar-refractivity contribution in [1.29, 1.82) is 0 Å². The molecule has 0 amide bonds. The van der Waals surface area contributed by atoms with Gasteiger partial charge >= 0.3 is 0 Å². The minimum Gasteiger partial charge on any atom is -0.496 e. The number of pyridine rings is 1. The van der Waals surface area contributed by atoms with Crippen LogP contribution in [0.3, 0.4) is 0 Å². The second-order valence-electron chi connectivity index (χ2n) is 5.41. The number of rotatable bonds is 4. The minimum absolute atomic E-state index is 0.125. The van der Waals surface area contributed by atoms with E-state index in [1.807, 2.05) is 26.0 Å². The van der Waals surface area contributed by atoms with Gasteiger partial charge in [0.15, 0.2) is 0 Å². The normalized spacial score (nSPS) is 12.3. The molecule has 2 rings (SSSR count). The van der Waals surface area contributed by atoms with Gasteiger partial charge in [0.25, 0.3) is 0 Å². The van der Waals surface area contributed by atoms with E-state index in [0.29, 0.717) is 0 Å². The summed E-state index contributed by atoms with van der Waals surface area (Å²) in [5.41, 5.74) is 9.32. The third kappa shape index (κ3) is 3.06. The molecule has 21 heavy (non-hydrogen) atoms. The van der Waals surface area contributed by atoms with Crippen LogP contribution < -0.4 is 16.0 Å². The van der Waals surface area contributed by atoms with E-state index in [9.17, 15) is 0 Å². The highest BCUT2D eigenvalue weighted by atomic mass is 16.5. The summed E-state index contributed by atoms with van der Waals surface area (Å²) in [6.07, 6.45) is 0. The van der Waals surface area contributed by atoms with Gasteiger partial charge in [-0.05, 0) is 56.5 Å². The van der Waals surface area contributed by atoms with Crippen LogP contribution in [0.5, 0.6) is 5.75 Å². The van der Waals surface area contributed by atoms with Gasteiger partial charge in [0.05, 0.1) is 13.2 Å². The lowest BCUT2D eigenvalue weighted by Crippen LogP contribution is -2.29. The average Bonchev–Trinajstić information content (AvgIpc) is 2.43. The summed E-state index contributed by atoms with van der Waals surface area (Å²) in [5, 5.41) is 0. The van der Waals surface area contributed by atoms with E-state index < -0.39 is 0 Å². The maximum absolute atomic E-state index is 5.82. The Morgan fingerprint density at radius 1 is 1.10 bits per heavy atom. The molecule has 1 heterocycles. The fourth-order valence-corrected chi connectivity index (χ4v) is 2.71. The van der Waals surface area contributed by atoms with Gasteiger partial charge in [-0.1, -0.05) is 12.1 Å². The molecular formula is C17H23N3O. The summed E-state index contributed by atoms with van der Waals surface area (Å²) in [7, 11) is 1.70.